The molecule has 0 aromatic heterocycles. The van der Waals surface area contributed by atoms with E-state index in [4.69, 9.17) is 0 Å². The molecule has 0 heterocycles. The van der Waals surface area contributed by atoms with Gasteiger partial charge in [-0.3, -0.25) is 14.5 Å². The molecule has 1 atom stereocenters. The van der Waals surface area contributed by atoms with Crippen LogP contribution in [0.1, 0.15) is 66.1 Å². The molecule has 0 aliphatic heterocycles. The van der Waals surface area contributed by atoms with Gasteiger partial charge in [-0.2, -0.15) is 0 Å². The summed E-state index contributed by atoms with van der Waals surface area (Å²) in [5.74, 6) is -0.279. The Labute approximate surface area is 302 Å². The van der Waals surface area contributed by atoms with Gasteiger partial charge in [0.15, 0.2) is 5.78 Å². The molecule has 0 radical (unpaired) electrons. The Morgan fingerprint density at radius 3 is 2.08 bits per heavy atom. The minimum absolute atomic E-state index is 0.112. The van der Waals surface area contributed by atoms with Gasteiger partial charge < -0.3 is 16.0 Å². The number of ketones is 1. The molecular formula is C44H48N4O3. The summed E-state index contributed by atoms with van der Waals surface area (Å²) in [5.41, 5.74) is 6.45. The summed E-state index contributed by atoms with van der Waals surface area (Å²) in [4.78, 5) is 41.7. The molecule has 3 N–H and O–H groups in total. The highest BCUT2D eigenvalue weighted by molar-refractivity contribution is 6.12. The van der Waals surface area contributed by atoms with Crippen LogP contribution in [-0.2, 0) is 17.8 Å². The Kier molecular flexibility index (Phi) is 13.6. The highest BCUT2D eigenvalue weighted by atomic mass is 16.2. The van der Waals surface area contributed by atoms with Crippen molar-refractivity contribution in [2.75, 3.05) is 23.8 Å². The number of benzene rings is 5. The third-order valence-electron chi connectivity index (χ3n) is 8.99. The van der Waals surface area contributed by atoms with Crippen molar-refractivity contribution < 1.29 is 14.4 Å². The Morgan fingerprint density at radius 2 is 1.33 bits per heavy atom. The van der Waals surface area contributed by atoms with Gasteiger partial charge in [0.25, 0.3) is 0 Å². The number of unbranched alkanes of at least 4 members (excludes halogenated alkanes) is 4. The van der Waals surface area contributed by atoms with E-state index in [9.17, 15) is 14.4 Å². The largest absolute Gasteiger partial charge is 0.373 e. The minimum Gasteiger partial charge on any atom is -0.373 e. The number of carbonyl (C=O) groups is 3. The second kappa shape index (κ2) is 18.9. The Morgan fingerprint density at radius 1 is 0.647 bits per heavy atom. The Bertz CT molecular complexity index is 1860. The number of para-hydroxylation sites is 1. The van der Waals surface area contributed by atoms with Crippen LogP contribution in [0.2, 0.25) is 0 Å². The number of nitrogens with zero attached hydrogens (tertiary/aromatic N) is 1. The quantitative estimate of drug-likeness (QED) is 0.0675. The second-order valence-electron chi connectivity index (χ2n) is 12.8. The molecule has 51 heavy (non-hydrogen) atoms. The fourth-order valence-electron chi connectivity index (χ4n) is 5.98. The lowest BCUT2D eigenvalue weighted by molar-refractivity contribution is -0.122. The summed E-state index contributed by atoms with van der Waals surface area (Å²) < 4.78 is 0. The first-order chi connectivity index (χ1) is 24.9. The standard InChI is InChI=1S/C44H48N4O3/c1-3-4-5-6-15-29-45-44(51)48(2)38-22-16-21-37(31-38)35-27-25-33(26-28-35)30-41(43(50)46-32-34-17-9-7-10-18-34)47-40-24-14-13-23-39(40)42(49)36-19-11-8-12-20-36/h7-14,16-28,31,41,47H,3-6,15,29-30,32H2,1-2H3,(H,45,51)(H,46,50)/t41-/m0/s1. The van der Waals surface area contributed by atoms with Gasteiger partial charge in [-0.15, -0.1) is 0 Å². The Hall–Kier alpha value is -5.69. The zero-order chi connectivity index (χ0) is 35.8. The summed E-state index contributed by atoms with van der Waals surface area (Å²) in [6.45, 7) is 3.26. The summed E-state index contributed by atoms with van der Waals surface area (Å²) in [6, 6.07) is 41.6. The topological polar surface area (TPSA) is 90.5 Å². The number of anilines is 2. The van der Waals surface area contributed by atoms with E-state index >= 15 is 0 Å². The van der Waals surface area contributed by atoms with E-state index < -0.39 is 6.04 Å². The predicted octanol–water partition coefficient (Wildman–Crippen LogP) is 9.04. The van der Waals surface area contributed by atoms with Crippen molar-refractivity contribution in [2.45, 2.75) is 58.0 Å². The first-order valence-corrected chi connectivity index (χ1v) is 17.9. The minimum atomic E-state index is -0.647. The van der Waals surface area contributed by atoms with Gasteiger partial charge in [0.05, 0.1) is 0 Å². The molecule has 262 valence electrons. The molecule has 0 fully saturated rings. The number of nitrogens with one attached hydrogen (secondary N) is 3. The van der Waals surface area contributed by atoms with E-state index in [0.717, 1.165) is 40.8 Å². The molecule has 0 saturated heterocycles. The smallest absolute Gasteiger partial charge is 0.321 e. The number of hydrogen-bond donors (Lipinski definition) is 3. The van der Waals surface area contributed by atoms with Crippen LogP contribution in [0.3, 0.4) is 0 Å². The van der Waals surface area contributed by atoms with E-state index in [0.29, 0.717) is 36.3 Å². The lowest BCUT2D eigenvalue weighted by atomic mass is 9.98. The third kappa shape index (κ3) is 10.6. The van der Waals surface area contributed by atoms with Crippen LogP contribution in [0.4, 0.5) is 16.2 Å². The maximum Gasteiger partial charge on any atom is 0.321 e. The lowest BCUT2D eigenvalue weighted by Crippen LogP contribution is -2.41. The SMILES string of the molecule is CCCCCCCNC(=O)N(C)c1cccc(-c2ccc(C[C@H](Nc3ccccc3C(=O)c3ccccc3)C(=O)NCc3ccccc3)cc2)c1. The highest BCUT2D eigenvalue weighted by Gasteiger charge is 2.22. The first-order valence-electron chi connectivity index (χ1n) is 17.9. The number of carbonyl (C=O) groups excluding carboxylic acids is 3. The number of hydrogen-bond acceptors (Lipinski definition) is 4. The molecule has 5 aromatic carbocycles. The van der Waals surface area contributed by atoms with Crippen molar-refractivity contribution >= 4 is 29.1 Å². The summed E-state index contributed by atoms with van der Waals surface area (Å²) >= 11 is 0. The van der Waals surface area contributed by atoms with E-state index in [2.05, 4.69) is 22.9 Å². The van der Waals surface area contributed by atoms with Crippen LogP contribution in [0, 0.1) is 0 Å². The predicted molar refractivity (Wildman–Crippen MR) is 208 cm³/mol. The molecule has 7 nitrogen and oxygen atoms in total. The maximum absolute atomic E-state index is 13.8. The monoisotopic (exact) mass is 680 g/mol. The molecule has 0 spiro atoms. The maximum atomic E-state index is 13.8. The van der Waals surface area contributed by atoms with Crippen LogP contribution in [0.25, 0.3) is 11.1 Å². The van der Waals surface area contributed by atoms with Gasteiger partial charge in [-0.05, 0) is 52.9 Å². The summed E-state index contributed by atoms with van der Waals surface area (Å²) in [6.07, 6.45) is 6.14. The van der Waals surface area contributed by atoms with Crippen molar-refractivity contribution in [1.29, 1.82) is 0 Å². The molecule has 0 bridgehead atoms. The van der Waals surface area contributed by atoms with E-state index in [1.807, 2.05) is 115 Å². The molecule has 3 amide bonds. The molecule has 0 aliphatic rings. The van der Waals surface area contributed by atoms with Crippen molar-refractivity contribution in [3.05, 3.63) is 156 Å². The molecule has 7 heteroatoms. The van der Waals surface area contributed by atoms with Crippen LogP contribution >= 0.6 is 0 Å². The molecule has 0 unspecified atom stereocenters. The normalized spacial score (nSPS) is 11.3. The number of rotatable bonds is 17. The van der Waals surface area contributed by atoms with Gasteiger partial charge in [0.2, 0.25) is 5.91 Å². The molecule has 5 aromatic rings. The third-order valence-corrected chi connectivity index (χ3v) is 8.99. The molecule has 0 aliphatic carbocycles. The summed E-state index contributed by atoms with van der Waals surface area (Å²) in [5, 5.41) is 9.53. The van der Waals surface area contributed by atoms with Crippen LogP contribution in [-0.4, -0.2) is 37.4 Å². The first kappa shape index (κ1) is 36.6. The summed E-state index contributed by atoms with van der Waals surface area (Å²) in [7, 11) is 1.79. The van der Waals surface area contributed by atoms with E-state index in [1.165, 1.54) is 19.3 Å². The van der Waals surface area contributed by atoms with Crippen LogP contribution < -0.4 is 20.9 Å². The van der Waals surface area contributed by atoms with E-state index in [-0.39, 0.29) is 17.7 Å². The lowest BCUT2D eigenvalue weighted by Gasteiger charge is -2.22. The highest BCUT2D eigenvalue weighted by Crippen LogP contribution is 2.26. The van der Waals surface area contributed by atoms with Crippen molar-refractivity contribution in [3.8, 4) is 11.1 Å². The average Bonchev–Trinajstić information content (AvgIpc) is 3.18. The molecular weight excluding hydrogens is 633 g/mol. The van der Waals surface area contributed by atoms with Gasteiger partial charge in [-0.25, -0.2) is 4.79 Å². The van der Waals surface area contributed by atoms with Crippen molar-refractivity contribution in [3.63, 3.8) is 0 Å². The van der Waals surface area contributed by atoms with Crippen molar-refractivity contribution in [1.82, 2.24) is 10.6 Å². The molecule has 0 saturated carbocycles. The van der Waals surface area contributed by atoms with E-state index in [1.54, 1.807) is 30.1 Å². The average molecular weight is 681 g/mol. The zero-order valence-corrected chi connectivity index (χ0v) is 29.6. The Balaban J connectivity index is 1.30. The fraction of sp³-hybridized carbons (Fsp3) is 0.250. The van der Waals surface area contributed by atoms with Gasteiger partial charge >= 0.3 is 6.03 Å². The number of urea groups is 1. The number of amides is 3. The van der Waals surface area contributed by atoms with Crippen molar-refractivity contribution in [2.24, 2.45) is 0 Å². The van der Waals surface area contributed by atoms with Crippen LogP contribution in [0.5, 0.6) is 0 Å². The van der Waals surface area contributed by atoms with Gasteiger partial charge in [0.1, 0.15) is 6.04 Å². The zero-order valence-electron chi connectivity index (χ0n) is 29.6. The van der Waals surface area contributed by atoms with Crippen LogP contribution in [0.15, 0.2) is 133 Å². The second-order valence-corrected chi connectivity index (χ2v) is 12.8. The van der Waals surface area contributed by atoms with Gasteiger partial charge in [-0.1, -0.05) is 142 Å². The van der Waals surface area contributed by atoms with Gasteiger partial charge in [0, 0.05) is 49.1 Å². The fourth-order valence-corrected chi connectivity index (χ4v) is 5.98. The molecule has 5 rings (SSSR count).